The van der Waals surface area contributed by atoms with E-state index in [1.54, 1.807) is 7.11 Å². The van der Waals surface area contributed by atoms with E-state index in [1.807, 2.05) is 28.8 Å². The van der Waals surface area contributed by atoms with Crippen LogP contribution in [0.25, 0.3) is 11.2 Å². The van der Waals surface area contributed by atoms with E-state index in [4.69, 9.17) is 33.2 Å². The van der Waals surface area contributed by atoms with Gasteiger partial charge in [0, 0.05) is 12.1 Å². The Morgan fingerprint density at radius 2 is 1.57 bits per heavy atom. The maximum absolute atomic E-state index is 7.35. The second-order valence-electron chi connectivity index (χ2n) is 12.6. The quantitative estimate of drug-likeness (QED) is 0.275. The largest absolute Gasteiger partial charge is 0.497 e. The van der Waals surface area contributed by atoms with Gasteiger partial charge in [-0.25, -0.2) is 15.0 Å². The Morgan fingerprint density at radius 1 is 0.929 bits per heavy atom. The molecular weight excluding hydrogens is 569 g/mol. The molecule has 230 valence electrons. The SMILES string of the molecule is COc1ccc(Nc2nc3c(N)ncnc3n2[C@H]2C[C@@H]3O[Si](C(C)C)(C(C)C)O[Si](C(C)C)(C(C)C)OC[C@H]3O2)cc1. The Balaban J connectivity index is 1.55. The zero-order valence-corrected chi connectivity index (χ0v) is 28.2. The summed E-state index contributed by atoms with van der Waals surface area (Å²) < 4.78 is 35.6. The molecule has 2 aliphatic rings. The van der Waals surface area contributed by atoms with Crippen LogP contribution in [0, 0.1) is 0 Å². The summed E-state index contributed by atoms with van der Waals surface area (Å²) in [4.78, 5) is 13.6. The van der Waals surface area contributed by atoms with Gasteiger partial charge in [0.1, 0.15) is 24.4 Å². The number of fused-ring (bicyclic) bond motifs is 2. The highest BCUT2D eigenvalue weighted by atomic mass is 28.5. The fourth-order valence-corrected chi connectivity index (χ4v) is 17.6. The van der Waals surface area contributed by atoms with Crippen LogP contribution in [0.15, 0.2) is 30.6 Å². The zero-order valence-electron chi connectivity index (χ0n) is 26.2. The van der Waals surface area contributed by atoms with Crippen LogP contribution >= 0.6 is 0 Å². The maximum Gasteiger partial charge on any atom is 0.335 e. The number of nitrogens with zero attached hydrogens (tertiary/aromatic N) is 4. The second-order valence-corrected chi connectivity index (χ2v) is 21.4. The van der Waals surface area contributed by atoms with E-state index >= 15 is 0 Å². The summed E-state index contributed by atoms with van der Waals surface area (Å²) in [5.41, 5.74) is 9.19. The van der Waals surface area contributed by atoms with Crippen molar-refractivity contribution in [2.45, 2.75) is 102 Å². The van der Waals surface area contributed by atoms with Gasteiger partial charge in [-0.3, -0.25) is 4.57 Å². The zero-order chi connectivity index (χ0) is 30.4. The molecule has 2 aromatic heterocycles. The minimum Gasteiger partial charge on any atom is -0.497 e. The molecular formula is C29H46N6O5Si2. The van der Waals surface area contributed by atoms with Gasteiger partial charge in [-0.1, -0.05) is 55.4 Å². The van der Waals surface area contributed by atoms with Gasteiger partial charge >= 0.3 is 17.1 Å². The number of ether oxygens (including phenoxy) is 2. The second kappa shape index (κ2) is 11.8. The third-order valence-electron chi connectivity index (χ3n) is 8.67. The van der Waals surface area contributed by atoms with Gasteiger partial charge in [-0.2, -0.15) is 0 Å². The number of nitrogens with one attached hydrogen (secondary N) is 1. The summed E-state index contributed by atoms with van der Waals surface area (Å²) in [6.45, 7) is 18.2. The molecule has 0 radical (unpaired) electrons. The summed E-state index contributed by atoms with van der Waals surface area (Å²) in [5.74, 6) is 1.64. The molecule has 5 rings (SSSR count). The van der Waals surface area contributed by atoms with E-state index in [0.717, 1.165) is 11.4 Å². The normalized spacial score (nSPS) is 23.9. The van der Waals surface area contributed by atoms with Crippen LogP contribution in [-0.4, -0.2) is 62.6 Å². The third-order valence-corrected chi connectivity index (χ3v) is 18.9. The molecule has 0 amide bonds. The lowest BCUT2D eigenvalue weighted by Gasteiger charge is -2.51. The molecule has 3 atom stereocenters. The van der Waals surface area contributed by atoms with Crippen molar-refractivity contribution in [3.63, 3.8) is 0 Å². The lowest BCUT2D eigenvalue weighted by atomic mass is 10.2. The third kappa shape index (κ3) is 5.35. The van der Waals surface area contributed by atoms with E-state index < -0.39 is 23.3 Å². The van der Waals surface area contributed by atoms with Gasteiger partial charge in [0.25, 0.3) is 0 Å². The molecule has 2 fully saturated rings. The minimum absolute atomic E-state index is 0.205. The predicted octanol–water partition coefficient (Wildman–Crippen LogP) is 6.40. The Hall–Kier alpha value is -2.56. The summed E-state index contributed by atoms with van der Waals surface area (Å²) in [6.07, 6.45) is 1.17. The molecule has 0 aliphatic carbocycles. The standard InChI is InChI=1S/C29H46N6O5Si2/c1-17(2)41(18(3)4)37-15-24-23(39-42(40-41,19(5)6)20(7)8)14-25(38-24)35-28-26(27(30)31-16-32-28)34-29(35)33-21-10-12-22(36-9)13-11-21/h10-13,16-20,23-25H,14-15H2,1-9H3,(H,33,34)(H2,30,31,32)/t23-,24+,25+/m0/s1. The molecule has 2 saturated heterocycles. The molecule has 13 heteroatoms. The number of aromatic nitrogens is 4. The molecule has 11 nitrogen and oxygen atoms in total. The number of benzene rings is 1. The summed E-state index contributed by atoms with van der Waals surface area (Å²) in [5, 5.41) is 3.43. The van der Waals surface area contributed by atoms with Crippen molar-refractivity contribution in [3.8, 4) is 5.75 Å². The first-order valence-electron chi connectivity index (χ1n) is 15.0. The van der Waals surface area contributed by atoms with Crippen LogP contribution in [0.5, 0.6) is 5.75 Å². The number of anilines is 3. The topological polar surface area (TPSA) is 128 Å². The Kier molecular flexibility index (Phi) is 8.71. The van der Waals surface area contributed by atoms with Crippen molar-refractivity contribution in [1.82, 2.24) is 19.5 Å². The Bertz CT molecular complexity index is 1370. The van der Waals surface area contributed by atoms with Crippen LogP contribution in [0.4, 0.5) is 17.5 Å². The van der Waals surface area contributed by atoms with E-state index in [-0.39, 0.29) is 34.4 Å². The lowest BCUT2D eigenvalue weighted by Crippen LogP contribution is -2.65. The van der Waals surface area contributed by atoms with Crippen molar-refractivity contribution in [1.29, 1.82) is 0 Å². The fourth-order valence-electron chi connectivity index (χ4n) is 6.39. The molecule has 2 aliphatic heterocycles. The van der Waals surface area contributed by atoms with Gasteiger partial charge in [-0.05, 0) is 46.4 Å². The van der Waals surface area contributed by atoms with Crippen LogP contribution in [0.2, 0.25) is 22.2 Å². The van der Waals surface area contributed by atoms with E-state index in [2.05, 4.69) is 70.7 Å². The fraction of sp³-hybridized carbons (Fsp3) is 0.621. The predicted molar refractivity (Wildman–Crippen MR) is 168 cm³/mol. The monoisotopic (exact) mass is 614 g/mol. The van der Waals surface area contributed by atoms with Gasteiger partial charge in [-0.15, -0.1) is 0 Å². The summed E-state index contributed by atoms with van der Waals surface area (Å²) >= 11 is 0. The van der Waals surface area contributed by atoms with Crippen LogP contribution in [0.3, 0.4) is 0 Å². The van der Waals surface area contributed by atoms with Gasteiger partial charge in [0.15, 0.2) is 17.0 Å². The maximum atomic E-state index is 7.35. The van der Waals surface area contributed by atoms with Crippen molar-refractivity contribution in [2.75, 3.05) is 24.8 Å². The summed E-state index contributed by atoms with van der Waals surface area (Å²) in [7, 11) is -3.80. The van der Waals surface area contributed by atoms with Gasteiger partial charge < -0.3 is 33.5 Å². The number of nitrogens with two attached hydrogens (primary N) is 1. The Labute approximate surface area is 251 Å². The molecule has 3 aromatic rings. The van der Waals surface area contributed by atoms with Crippen molar-refractivity contribution in [3.05, 3.63) is 30.6 Å². The van der Waals surface area contributed by atoms with Crippen molar-refractivity contribution in [2.24, 2.45) is 0 Å². The number of imidazole rings is 1. The molecule has 1 aromatic carbocycles. The van der Waals surface area contributed by atoms with Crippen LogP contribution in [-0.2, 0) is 17.7 Å². The number of methoxy groups -OCH3 is 1. The number of hydrogen-bond donors (Lipinski definition) is 2. The average Bonchev–Trinajstić information content (AvgIpc) is 3.49. The molecule has 0 saturated carbocycles. The number of rotatable bonds is 8. The Morgan fingerprint density at radius 3 is 2.17 bits per heavy atom. The van der Waals surface area contributed by atoms with Gasteiger partial charge in [0.05, 0.1) is 19.8 Å². The molecule has 3 N–H and O–H groups in total. The average molecular weight is 615 g/mol. The molecule has 4 heterocycles. The van der Waals surface area contributed by atoms with E-state index in [9.17, 15) is 0 Å². The molecule has 0 bridgehead atoms. The highest BCUT2D eigenvalue weighted by molar-refractivity contribution is 6.84. The van der Waals surface area contributed by atoms with E-state index in [0.29, 0.717) is 36.0 Å². The van der Waals surface area contributed by atoms with Crippen molar-refractivity contribution < 1.29 is 22.4 Å². The highest BCUT2D eigenvalue weighted by Crippen LogP contribution is 2.49. The minimum atomic E-state index is -2.77. The highest BCUT2D eigenvalue weighted by Gasteiger charge is 2.60. The van der Waals surface area contributed by atoms with E-state index in [1.165, 1.54) is 6.33 Å². The first-order valence-corrected chi connectivity index (χ1v) is 18.9. The van der Waals surface area contributed by atoms with Crippen LogP contribution < -0.4 is 15.8 Å². The summed E-state index contributed by atoms with van der Waals surface area (Å²) in [6, 6.07) is 7.65. The molecule has 42 heavy (non-hydrogen) atoms. The lowest BCUT2D eigenvalue weighted by molar-refractivity contribution is -0.0539. The number of hydrogen-bond acceptors (Lipinski definition) is 10. The molecule has 0 unspecified atom stereocenters. The molecule has 0 spiro atoms. The number of nitrogen functional groups attached to an aromatic ring is 1. The van der Waals surface area contributed by atoms with Gasteiger partial charge in [0.2, 0.25) is 5.95 Å². The first-order chi connectivity index (χ1) is 19.9. The van der Waals surface area contributed by atoms with Crippen LogP contribution in [0.1, 0.15) is 68.0 Å². The van der Waals surface area contributed by atoms with Crippen molar-refractivity contribution >= 4 is 45.7 Å². The first kappa shape index (κ1) is 30.9. The smallest absolute Gasteiger partial charge is 0.335 e.